The predicted molar refractivity (Wildman–Crippen MR) is 88.4 cm³/mol. The molecule has 0 aromatic carbocycles. The van der Waals surface area contributed by atoms with Crippen LogP contribution in [0.2, 0.25) is 0 Å². The van der Waals surface area contributed by atoms with E-state index in [9.17, 15) is 14.4 Å². The number of carbonyl (C=O) groups is 1. The van der Waals surface area contributed by atoms with Crippen LogP contribution in [0.25, 0.3) is 0 Å². The first kappa shape index (κ1) is 17.5. The van der Waals surface area contributed by atoms with E-state index in [-0.39, 0.29) is 18.0 Å². The maximum Gasteiger partial charge on any atom is 0.331 e. The van der Waals surface area contributed by atoms with Gasteiger partial charge in [-0.1, -0.05) is 6.92 Å². The lowest BCUT2D eigenvalue weighted by Crippen LogP contribution is -2.41. The van der Waals surface area contributed by atoms with Crippen molar-refractivity contribution in [1.82, 2.24) is 19.4 Å². The van der Waals surface area contributed by atoms with E-state index in [0.717, 1.165) is 36.5 Å². The molecule has 1 aromatic rings. The Balaban J connectivity index is 1.72. The number of rotatable bonds is 6. The van der Waals surface area contributed by atoms with Crippen molar-refractivity contribution in [3.8, 4) is 0 Å². The van der Waals surface area contributed by atoms with Gasteiger partial charge in [-0.25, -0.2) is 4.79 Å². The number of nitrogens with one attached hydrogen (secondary N) is 1. The van der Waals surface area contributed by atoms with Gasteiger partial charge in [0.15, 0.2) is 0 Å². The minimum absolute atomic E-state index is 0.0618. The van der Waals surface area contributed by atoms with Gasteiger partial charge in [-0.05, 0) is 38.3 Å². The molecule has 7 nitrogen and oxygen atoms in total. The van der Waals surface area contributed by atoms with Crippen LogP contribution in [0.3, 0.4) is 0 Å². The molecule has 2 heterocycles. The maximum absolute atomic E-state index is 11.9. The first-order chi connectivity index (χ1) is 11.0. The van der Waals surface area contributed by atoms with E-state index >= 15 is 0 Å². The Hall–Kier alpha value is -1.89. The van der Waals surface area contributed by atoms with Crippen molar-refractivity contribution in [3.05, 3.63) is 33.1 Å². The average molecular weight is 322 g/mol. The maximum atomic E-state index is 11.9. The van der Waals surface area contributed by atoms with Crippen LogP contribution in [0, 0.1) is 5.92 Å². The summed E-state index contributed by atoms with van der Waals surface area (Å²) < 4.78 is 2.23. The molecule has 1 fully saturated rings. The number of piperidine rings is 1. The van der Waals surface area contributed by atoms with Crippen molar-refractivity contribution in [3.63, 3.8) is 0 Å². The van der Waals surface area contributed by atoms with Crippen LogP contribution in [0.4, 0.5) is 0 Å². The summed E-state index contributed by atoms with van der Waals surface area (Å²) in [7, 11) is 1.40. The normalized spacial score (nSPS) is 18.8. The zero-order valence-electron chi connectivity index (χ0n) is 14.0. The highest BCUT2D eigenvalue weighted by Crippen LogP contribution is 2.15. The summed E-state index contributed by atoms with van der Waals surface area (Å²) in [6.45, 7) is 6.09. The Morgan fingerprint density at radius 3 is 2.91 bits per heavy atom. The molecule has 1 saturated heterocycles. The smallest absolute Gasteiger partial charge is 0.331 e. The first-order valence-corrected chi connectivity index (χ1v) is 8.23. The molecule has 1 aliphatic heterocycles. The Morgan fingerprint density at radius 2 is 2.17 bits per heavy atom. The second-order valence-corrected chi connectivity index (χ2v) is 6.37. The van der Waals surface area contributed by atoms with Crippen molar-refractivity contribution < 1.29 is 4.79 Å². The number of hydrogen-bond donors (Lipinski definition) is 1. The van der Waals surface area contributed by atoms with E-state index in [0.29, 0.717) is 6.54 Å². The number of amides is 1. The highest BCUT2D eigenvalue weighted by atomic mass is 16.2. The fourth-order valence-electron chi connectivity index (χ4n) is 2.97. The second kappa shape index (κ2) is 8.10. The zero-order valence-corrected chi connectivity index (χ0v) is 14.0. The fraction of sp³-hybridized carbons (Fsp3) is 0.688. The van der Waals surface area contributed by atoms with Gasteiger partial charge < -0.3 is 10.2 Å². The fourth-order valence-corrected chi connectivity index (χ4v) is 2.97. The number of aromatic nitrogens is 2. The standard InChI is InChI=1S/C16H26N4O3/c1-13-5-3-8-19(11-13)9-4-7-17-14(21)12-20-10-6-15(22)18(2)16(20)23/h6,10,13H,3-5,7-9,11-12H2,1-2H3,(H,17,21). The SMILES string of the molecule is CC1CCCN(CCCNC(=O)Cn2ccc(=O)n(C)c2=O)C1. The quantitative estimate of drug-likeness (QED) is 0.735. The molecule has 1 unspecified atom stereocenters. The van der Waals surface area contributed by atoms with E-state index in [1.807, 2.05) is 0 Å². The Labute approximate surface area is 135 Å². The van der Waals surface area contributed by atoms with Gasteiger partial charge in [0.05, 0.1) is 0 Å². The first-order valence-electron chi connectivity index (χ1n) is 8.23. The molecule has 7 heteroatoms. The summed E-state index contributed by atoms with van der Waals surface area (Å²) in [5, 5.41) is 2.83. The number of carbonyl (C=O) groups excluding carboxylic acids is 1. The lowest BCUT2D eigenvalue weighted by atomic mass is 10.0. The number of nitrogens with zero attached hydrogens (tertiary/aromatic N) is 3. The van der Waals surface area contributed by atoms with E-state index in [4.69, 9.17) is 0 Å². The van der Waals surface area contributed by atoms with Crippen LogP contribution in [0.1, 0.15) is 26.2 Å². The van der Waals surface area contributed by atoms with Gasteiger partial charge in [-0.15, -0.1) is 0 Å². The zero-order chi connectivity index (χ0) is 16.8. The Kier molecular flexibility index (Phi) is 6.15. The topological polar surface area (TPSA) is 76.3 Å². The van der Waals surface area contributed by atoms with Crippen LogP contribution >= 0.6 is 0 Å². The molecule has 0 radical (unpaired) electrons. The molecule has 1 aromatic heterocycles. The minimum Gasteiger partial charge on any atom is -0.354 e. The molecule has 0 bridgehead atoms. The third-order valence-corrected chi connectivity index (χ3v) is 4.29. The van der Waals surface area contributed by atoms with Gasteiger partial charge in [0, 0.05) is 32.4 Å². The molecule has 1 N–H and O–H groups in total. The Morgan fingerprint density at radius 1 is 1.39 bits per heavy atom. The lowest BCUT2D eigenvalue weighted by molar-refractivity contribution is -0.121. The third kappa shape index (κ3) is 5.06. The Bertz CT molecular complexity index is 649. The van der Waals surface area contributed by atoms with E-state index < -0.39 is 5.69 Å². The molecule has 1 atom stereocenters. The van der Waals surface area contributed by atoms with Gasteiger partial charge in [0.2, 0.25) is 5.91 Å². The van der Waals surface area contributed by atoms with Gasteiger partial charge >= 0.3 is 5.69 Å². The number of hydrogen-bond acceptors (Lipinski definition) is 4. The van der Waals surface area contributed by atoms with Crippen molar-refractivity contribution in [2.24, 2.45) is 13.0 Å². The summed E-state index contributed by atoms with van der Waals surface area (Å²) in [4.78, 5) is 37.5. The van der Waals surface area contributed by atoms with Gasteiger partial charge in [0.25, 0.3) is 5.56 Å². The van der Waals surface area contributed by atoms with Crippen LogP contribution in [0.15, 0.2) is 21.9 Å². The summed E-state index contributed by atoms with van der Waals surface area (Å²) >= 11 is 0. The van der Waals surface area contributed by atoms with Crippen LogP contribution in [0.5, 0.6) is 0 Å². The molecule has 23 heavy (non-hydrogen) atoms. The molecular weight excluding hydrogens is 296 g/mol. The van der Waals surface area contributed by atoms with Crippen molar-refractivity contribution in [2.75, 3.05) is 26.2 Å². The third-order valence-electron chi connectivity index (χ3n) is 4.29. The van der Waals surface area contributed by atoms with Crippen molar-refractivity contribution >= 4 is 5.91 Å². The van der Waals surface area contributed by atoms with Gasteiger partial charge in [0.1, 0.15) is 6.54 Å². The summed E-state index contributed by atoms with van der Waals surface area (Å²) in [5.41, 5.74) is -0.850. The van der Waals surface area contributed by atoms with E-state index in [2.05, 4.69) is 17.1 Å². The molecule has 1 amide bonds. The monoisotopic (exact) mass is 322 g/mol. The largest absolute Gasteiger partial charge is 0.354 e. The van der Waals surface area contributed by atoms with E-state index in [1.165, 1.54) is 36.7 Å². The lowest BCUT2D eigenvalue weighted by Gasteiger charge is -2.30. The summed E-state index contributed by atoms with van der Waals surface area (Å²) in [6.07, 6.45) is 4.82. The molecule has 0 saturated carbocycles. The summed E-state index contributed by atoms with van der Waals surface area (Å²) in [5.74, 6) is 0.549. The highest BCUT2D eigenvalue weighted by molar-refractivity contribution is 5.75. The molecule has 0 spiro atoms. The van der Waals surface area contributed by atoms with Crippen LogP contribution in [-0.2, 0) is 18.4 Å². The van der Waals surface area contributed by atoms with Gasteiger partial charge in [-0.2, -0.15) is 0 Å². The molecule has 0 aliphatic carbocycles. The number of likely N-dealkylation sites (tertiary alicyclic amines) is 1. The predicted octanol–water partition coefficient (Wildman–Crippen LogP) is -0.215. The average Bonchev–Trinajstić information content (AvgIpc) is 2.52. The van der Waals surface area contributed by atoms with Gasteiger partial charge in [-0.3, -0.25) is 18.7 Å². The minimum atomic E-state index is -0.477. The van der Waals surface area contributed by atoms with E-state index in [1.54, 1.807) is 0 Å². The van der Waals surface area contributed by atoms with Crippen LogP contribution in [-0.4, -0.2) is 46.1 Å². The van der Waals surface area contributed by atoms with Crippen molar-refractivity contribution in [2.45, 2.75) is 32.7 Å². The molecular formula is C16H26N4O3. The van der Waals surface area contributed by atoms with Crippen LogP contribution < -0.4 is 16.6 Å². The van der Waals surface area contributed by atoms with Crippen molar-refractivity contribution in [1.29, 1.82) is 0 Å². The summed E-state index contributed by atoms with van der Waals surface area (Å²) in [6, 6.07) is 1.28. The second-order valence-electron chi connectivity index (χ2n) is 6.37. The molecule has 128 valence electrons. The molecule has 1 aliphatic rings. The molecule has 2 rings (SSSR count). The highest BCUT2D eigenvalue weighted by Gasteiger charge is 2.15.